The Morgan fingerprint density at radius 1 is 1.00 bits per heavy atom. The Morgan fingerprint density at radius 3 is 1.94 bits per heavy atom. The van der Waals surface area contributed by atoms with Gasteiger partial charge in [0.15, 0.2) is 0 Å². The summed E-state index contributed by atoms with van der Waals surface area (Å²) in [5, 5.41) is 17.6. The molecule has 0 aliphatic rings. The molecule has 0 aromatic carbocycles. The van der Waals surface area contributed by atoms with Crippen molar-refractivity contribution in [3.63, 3.8) is 0 Å². The first kappa shape index (κ1) is 15.5. The van der Waals surface area contributed by atoms with Gasteiger partial charge in [-0.1, -0.05) is 0 Å². The van der Waals surface area contributed by atoms with E-state index in [1.165, 1.54) is 13.8 Å². The van der Waals surface area contributed by atoms with Crippen LogP contribution in [-0.4, -0.2) is 53.4 Å². The van der Waals surface area contributed by atoms with Crippen LogP contribution in [0.25, 0.3) is 0 Å². The first-order chi connectivity index (χ1) is 7.82. The normalized spacial score (nSPS) is 13.6. The topological polar surface area (TPSA) is 110 Å². The zero-order valence-corrected chi connectivity index (χ0v) is 9.71. The predicted molar refractivity (Wildman–Crippen MR) is 54.9 cm³/mol. The molecule has 0 heterocycles. The highest BCUT2D eigenvalue weighted by molar-refractivity contribution is 6.36. The summed E-state index contributed by atoms with van der Waals surface area (Å²) < 4.78 is 8.88. The fourth-order valence-corrected chi connectivity index (χ4v) is 0.745. The highest BCUT2D eigenvalue weighted by Crippen LogP contribution is 1.94. The van der Waals surface area contributed by atoms with Crippen LogP contribution in [0, 0.1) is 0 Å². The highest BCUT2D eigenvalue weighted by Gasteiger charge is 2.21. The molecule has 0 aliphatic carbocycles. The van der Waals surface area contributed by atoms with Crippen molar-refractivity contribution in [2.45, 2.75) is 32.5 Å². The van der Waals surface area contributed by atoms with Gasteiger partial charge < -0.3 is 19.7 Å². The monoisotopic (exact) mass is 248 g/mol. The van der Waals surface area contributed by atoms with Crippen molar-refractivity contribution in [3.05, 3.63) is 0 Å². The number of aliphatic hydroxyl groups excluding tert-OH is 2. The van der Waals surface area contributed by atoms with E-state index in [2.05, 4.69) is 9.47 Å². The number of hydrogen-bond acceptors (Lipinski definition) is 7. The molecule has 0 aromatic rings. The van der Waals surface area contributed by atoms with Gasteiger partial charge in [0.05, 0.1) is 12.2 Å². The molecule has 0 saturated heterocycles. The van der Waals surface area contributed by atoms with Gasteiger partial charge in [-0.05, 0) is 13.8 Å². The summed E-state index contributed by atoms with van der Waals surface area (Å²) in [4.78, 5) is 33.1. The average Bonchev–Trinajstić information content (AvgIpc) is 2.22. The number of aliphatic hydroxyl groups is 2. The first-order valence-corrected chi connectivity index (χ1v) is 5.04. The van der Waals surface area contributed by atoms with Crippen LogP contribution in [0.2, 0.25) is 0 Å². The molecule has 0 bridgehead atoms. The van der Waals surface area contributed by atoms with E-state index in [9.17, 15) is 14.4 Å². The largest absolute Gasteiger partial charge is 0.463 e. The van der Waals surface area contributed by atoms with Gasteiger partial charge in [-0.2, -0.15) is 0 Å². The lowest BCUT2D eigenvalue weighted by molar-refractivity contribution is -0.159. The molecule has 98 valence electrons. The minimum Gasteiger partial charge on any atom is -0.463 e. The number of rotatable bonds is 7. The molecule has 0 saturated carbocycles. The molecular formula is C10H16O7. The van der Waals surface area contributed by atoms with Gasteiger partial charge in [0, 0.05) is 0 Å². The van der Waals surface area contributed by atoms with E-state index in [0.29, 0.717) is 0 Å². The lowest BCUT2D eigenvalue weighted by atomic mass is 10.3. The zero-order chi connectivity index (χ0) is 13.4. The number of ketones is 1. The molecule has 2 atom stereocenters. The first-order valence-electron chi connectivity index (χ1n) is 5.04. The van der Waals surface area contributed by atoms with Gasteiger partial charge in [-0.25, -0.2) is 4.79 Å². The van der Waals surface area contributed by atoms with E-state index >= 15 is 0 Å². The molecule has 0 aromatic heterocycles. The number of carbonyl (C=O) groups is 3. The molecule has 0 fully saturated rings. The van der Waals surface area contributed by atoms with Crippen molar-refractivity contribution >= 4 is 17.7 Å². The molecule has 2 unspecified atom stereocenters. The van der Waals surface area contributed by atoms with E-state index in [0.717, 1.165) is 0 Å². The van der Waals surface area contributed by atoms with Crippen LogP contribution < -0.4 is 0 Å². The zero-order valence-electron chi connectivity index (χ0n) is 9.71. The summed E-state index contributed by atoms with van der Waals surface area (Å²) in [5.41, 5.74) is 0. The number of hydrogen-bond donors (Lipinski definition) is 2. The molecule has 2 N–H and O–H groups in total. The van der Waals surface area contributed by atoms with Crippen LogP contribution in [-0.2, 0) is 23.9 Å². The number of ether oxygens (including phenoxy) is 2. The summed E-state index contributed by atoms with van der Waals surface area (Å²) in [6.45, 7) is 2.24. The Bertz CT molecular complexity index is 282. The highest BCUT2D eigenvalue weighted by atomic mass is 16.6. The molecule has 0 amide bonds. The predicted octanol–water partition coefficient (Wildman–Crippen LogP) is -1.21. The van der Waals surface area contributed by atoms with Gasteiger partial charge in [0.1, 0.15) is 19.6 Å². The van der Waals surface area contributed by atoms with Crippen molar-refractivity contribution in [3.8, 4) is 0 Å². The summed E-state index contributed by atoms with van der Waals surface area (Å²) in [6, 6.07) is 0. The average molecular weight is 248 g/mol. The molecule has 17 heavy (non-hydrogen) atoms. The van der Waals surface area contributed by atoms with Crippen LogP contribution in [0.1, 0.15) is 20.3 Å². The van der Waals surface area contributed by atoms with Crippen molar-refractivity contribution in [2.75, 3.05) is 13.2 Å². The molecule has 0 aliphatic heterocycles. The maximum atomic E-state index is 11.1. The van der Waals surface area contributed by atoms with Crippen molar-refractivity contribution in [1.29, 1.82) is 0 Å². The summed E-state index contributed by atoms with van der Waals surface area (Å²) in [6.07, 6.45) is -2.46. The van der Waals surface area contributed by atoms with Crippen LogP contribution in [0.5, 0.6) is 0 Å². The van der Waals surface area contributed by atoms with Gasteiger partial charge >= 0.3 is 11.9 Å². The number of esters is 2. The second kappa shape index (κ2) is 7.75. The van der Waals surface area contributed by atoms with E-state index in [1.54, 1.807) is 0 Å². The lowest BCUT2D eigenvalue weighted by Gasteiger charge is -2.07. The minimum absolute atomic E-state index is 0.241. The third kappa shape index (κ3) is 8.35. The van der Waals surface area contributed by atoms with E-state index in [-0.39, 0.29) is 13.2 Å². The molecule has 0 spiro atoms. The van der Waals surface area contributed by atoms with Crippen LogP contribution in [0.4, 0.5) is 0 Å². The lowest BCUT2D eigenvalue weighted by Crippen LogP contribution is -2.25. The maximum absolute atomic E-state index is 11.1. The molecular weight excluding hydrogens is 232 g/mol. The molecule has 7 nitrogen and oxygen atoms in total. The SMILES string of the molecule is CC(O)COC(=O)CC(=O)C(=O)OCC(C)O. The number of carbonyl (C=O) groups excluding carboxylic acids is 3. The van der Waals surface area contributed by atoms with Crippen molar-refractivity contribution in [1.82, 2.24) is 0 Å². The fraction of sp³-hybridized carbons (Fsp3) is 0.700. The maximum Gasteiger partial charge on any atom is 0.375 e. The Kier molecular flexibility index (Phi) is 7.08. The standard InChI is InChI=1S/C10H16O7/c1-6(11)4-16-9(14)3-8(13)10(15)17-5-7(2)12/h6-7,11-12H,3-5H2,1-2H3. The van der Waals surface area contributed by atoms with E-state index in [1.807, 2.05) is 0 Å². The van der Waals surface area contributed by atoms with Crippen LogP contribution in [0.3, 0.4) is 0 Å². The van der Waals surface area contributed by atoms with Gasteiger partial charge in [0.25, 0.3) is 5.78 Å². The summed E-state index contributed by atoms with van der Waals surface area (Å²) in [7, 11) is 0. The van der Waals surface area contributed by atoms with Gasteiger partial charge in [0.2, 0.25) is 0 Å². The van der Waals surface area contributed by atoms with Crippen LogP contribution in [0.15, 0.2) is 0 Å². The summed E-state index contributed by atoms with van der Waals surface area (Å²) in [5.74, 6) is -3.16. The minimum atomic E-state index is -1.19. The van der Waals surface area contributed by atoms with Crippen molar-refractivity contribution in [2.24, 2.45) is 0 Å². The molecule has 0 rings (SSSR count). The quantitative estimate of drug-likeness (QED) is 0.330. The fourth-order valence-electron chi connectivity index (χ4n) is 0.745. The smallest absolute Gasteiger partial charge is 0.375 e. The molecule has 7 heteroatoms. The van der Waals surface area contributed by atoms with Gasteiger partial charge in [-0.15, -0.1) is 0 Å². The van der Waals surface area contributed by atoms with Crippen LogP contribution >= 0.6 is 0 Å². The Hall–Kier alpha value is -1.47. The van der Waals surface area contributed by atoms with E-state index in [4.69, 9.17) is 10.2 Å². The Labute approximate surface area is 98.3 Å². The Morgan fingerprint density at radius 2 is 1.47 bits per heavy atom. The summed E-state index contributed by atoms with van der Waals surface area (Å²) >= 11 is 0. The second-order valence-corrected chi connectivity index (χ2v) is 3.58. The Balaban J connectivity index is 3.91. The number of Topliss-reactive ketones (excluding diaryl/α,β-unsaturated/α-hetero) is 1. The third-order valence-corrected chi connectivity index (χ3v) is 1.47. The molecule has 0 radical (unpaired) electrons. The third-order valence-electron chi connectivity index (χ3n) is 1.47. The van der Waals surface area contributed by atoms with Crippen molar-refractivity contribution < 1.29 is 34.1 Å². The van der Waals surface area contributed by atoms with E-state index < -0.39 is 36.4 Å². The second-order valence-electron chi connectivity index (χ2n) is 3.58. The van der Waals surface area contributed by atoms with Gasteiger partial charge in [-0.3, -0.25) is 9.59 Å².